The highest BCUT2D eigenvalue weighted by Crippen LogP contribution is 2.06. The van der Waals surface area contributed by atoms with Crippen LogP contribution in [0.2, 0.25) is 0 Å². The molecule has 7 heteroatoms. The van der Waals surface area contributed by atoms with E-state index in [4.69, 9.17) is 5.11 Å². The molecule has 0 radical (unpaired) electrons. The highest BCUT2D eigenvalue weighted by atomic mass is 16.7. The number of carbonyl (C=O) groups excluding carboxylic acids is 1. The predicted molar refractivity (Wildman–Crippen MR) is 65.6 cm³/mol. The lowest BCUT2D eigenvalue weighted by atomic mass is 10.1. The molecule has 0 aliphatic rings. The highest BCUT2D eigenvalue weighted by Gasteiger charge is 2.13. The predicted octanol–water partition coefficient (Wildman–Crippen LogP) is 0.274. The number of para-hydroxylation sites is 1. The average Bonchev–Trinajstić information content (AvgIpc) is 2.39. The average molecular weight is 262 g/mol. The van der Waals surface area contributed by atoms with Crippen LogP contribution in [0, 0.1) is 0 Å². The van der Waals surface area contributed by atoms with Gasteiger partial charge in [-0.2, -0.15) is 0 Å². The molecule has 0 aliphatic heterocycles. The van der Waals surface area contributed by atoms with Crippen molar-refractivity contribution < 1.29 is 19.5 Å². The quantitative estimate of drug-likeness (QED) is 0.685. The SMILES string of the molecule is O=C(O)CONC(=O)c1c[nH]c2ccccc2c1=O. The molecule has 0 aliphatic carbocycles. The number of carboxylic acid groups (broad SMARTS) is 1. The van der Waals surface area contributed by atoms with Crippen LogP contribution in [0.1, 0.15) is 10.4 Å². The Hall–Kier alpha value is -2.67. The molecular weight excluding hydrogens is 252 g/mol. The number of aliphatic carboxylic acids is 1. The Bertz CT molecular complexity index is 692. The summed E-state index contributed by atoms with van der Waals surface area (Å²) < 4.78 is 0. The van der Waals surface area contributed by atoms with Gasteiger partial charge in [0.2, 0.25) is 5.43 Å². The first-order chi connectivity index (χ1) is 9.09. The maximum Gasteiger partial charge on any atom is 0.332 e. The molecule has 98 valence electrons. The van der Waals surface area contributed by atoms with Gasteiger partial charge in [0.1, 0.15) is 5.56 Å². The fourth-order valence-corrected chi connectivity index (χ4v) is 1.55. The van der Waals surface area contributed by atoms with Crippen molar-refractivity contribution >= 4 is 22.8 Å². The molecule has 0 unspecified atom stereocenters. The Morgan fingerprint density at radius 2 is 2.05 bits per heavy atom. The Morgan fingerprint density at radius 3 is 2.79 bits per heavy atom. The van der Waals surface area contributed by atoms with Crippen molar-refractivity contribution in [3.8, 4) is 0 Å². The lowest BCUT2D eigenvalue weighted by Crippen LogP contribution is -2.30. The number of hydrogen-bond donors (Lipinski definition) is 3. The van der Waals surface area contributed by atoms with Crippen molar-refractivity contribution in [3.05, 3.63) is 46.2 Å². The van der Waals surface area contributed by atoms with E-state index in [0.29, 0.717) is 10.9 Å². The standard InChI is InChI=1S/C12H10N2O5/c15-10(16)6-19-14-12(18)8-5-13-9-4-2-1-3-7(9)11(8)17/h1-5H,6H2,(H,13,17)(H,14,18)(H,15,16). The summed E-state index contributed by atoms with van der Waals surface area (Å²) in [4.78, 5) is 41.1. The number of H-pyrrole nitrogens is 1. The van der Waals surface area contributed by atoms with Gasteiger partial charge in [-0.05, 0) is 12.1 Å². The number of carbonyl (C=O) groups is 2. The van der Waals surface area contributed by atoms with Gasteiger partial charge in [-0.15, -0.1) is 0 Å². The Balaban J connectivity index is 2.25. The topological polar surface area (TPSA) is 108 Å². The van der Waals surface area contributed by atoms with Crippen LogP contribution in [0.5, 0.6) is 0 Å². The maximum absolute atomic E-state index is 12.0. The summed E-state index contributed by atoms with van der Waals surface area (Å²) >= 11 is 0. The fraction of sp³-hybridized carbons (Fsp3) is 0.0833. The second-order valence-corrected chi connectivity index (χ2v) is 3.69. The Labute approximate surface area is 106 Å². The molecule has 1 amide bonds. The maximum atomic E-state index is 12.0. The zero-order chi connectivity index (χ0) is 13.8. The van der Waals surface area contributed by atoms with Gasteiger partial charge >= 0.3 is 5.97 Å². The molecular formula is C12H10N2O5. The van der Waals surface area contributed by atoms with E-state index in [1.54, 1.807) is 24.3 Å². The second-order valence-electron chi connectivity index (χ2n) is 3.69. The molecule has 0 saturated carbocycles. The van der Waals surface area contributed by atoms with Crippen LogP contribution in [-0.2, 0) is 9.63 Å². The van der Waals surface area contributed by atoms with Crippen LogP contribution < -0.4 is 10.9 Å². The minimum atomic E-state index is -1.23. The zero-order valence-corrected chi connectivity index (χ0v) is 9.67. The van der Waals surface area contributed by atoms with Crippen molar-refractivity contribution in [2.45, 2.75) is 0 Å². The monoisotopic (exact) mass is 262 g/mol. The van der Waals surface area contributed by atoms with Crippen molar-refractivity contribution in [1.29, 1.82) is 0 Å². The number of pyridine rings is 1. The Kier molecular flexibility index (Phi) is 3.58. The van der Waals surface area contributed by atoms with E-state index in [9.17, 15) is 14.4 Å². The molecule has 0 fully saturated rings. The first-order valence-corrected chi connectivity index (χ1v) is 5.34. The number of aromatic nitrogens is 1. The van der Waals surface area contributed by atoms with E-state index in [1.165, 1.54) is 6.20 Å². The number of hydrogen-bond acceptors (Lipinski definition) is 4. The summed E-state index contributed by atoms with van der Waals surface area (Å²) in [6, 6.07) is 6.73. The lowest BCUT2D eigenvalue weighted by Gasteiger charge is -2.04. The largest absolute Gasteiger partial charge is 0.479 e. The molecule has 2 aromatic rings. The van der Waals surface area contributed by atoms with Crippen molar-refractivity contribution in [2.75, 3.05) is 6.61 Å². The summed E-state index contributed by atoms with van der Waals surface area (Å²) in [5.74, 6) is -2.03. The number of carboxylic acids is 1. The molecule has 0 spiro atoms. The molecule has 1 aromatic carbocycles. The van der Waals surface area contributed by atoms with E-state index < -0.39 is 23.9 Å². The number of nitrogens with one attached hydrogen (secondary N) is 2. The van der Waals surface area contributed by atoms with Gasteiger partial charge in [-0.1, -0.05) is 12.1 Å². The van der Waals surface area contributed by atoms with E-state index in [2.05, 4.69) is 9.82 Å². The summed E-state index contributed by atoms with van der Waals surface area (Å²) in [5.41, 5.74) is 1.90. The summed E-state index contributed by atoms with van der Waals surface area (Å²) in [6.45, 7) is -0.683. The number of benzene rings is 1. The number of amides is 1. The van der Waals surface area contributed by atoms with Crippen LogP contribution in [0.4, 0.5) is 0 Å². The number of hydroxylamine groups is 1. The van der Waals surface area contributed by atoms with Gasteiger partial charge in [0.15, 0.2) is 6.61 Å². The molecule has 1 heterocycles. The molecule has 1 aromatic heterocycles. The van der Waals surface area contributed by atoms with E-state index in [-0.39, 0.29) is 5.56 Å². The molecule has 3 N–H and O–H groups in total. The van der Waals surface area contributed by atoms with E-state index in [0.717, 1.165) is 0 Å². The summed E-state index contributed by atoms with van der Waals surface area (Å²) in [6.07, 6.45) is 1.25. The smallest absolute Gasteiger partial charge is 0.332 e. The van der Waals surface area contributed by atoms with Gasteiger partial charge in [0, 0.05) is 17.1 Å². The van der Waals surface area contributed by atoms with Crippen molar-refractivity contribution in [3.63, 3.8) is 0 Å². The molecule has 0 bridgehead atoms. The van der Waals surface area contributed by atoms with Gasteiger partial charge in [-0.25, -0.2) is 10.3 Å². The third-order valence-corrected chi connectivity index (χ3v) is 2.39. The van der Waals surface area contributed by atoms with Gasteiger partial charge < -0.3 is 10.1 Å². The van der Waals surface area contributed by atoms with Gasteiger partial charge in [0.25, 0.3) is 5.91 Å². The van der Waals surface area contributed by atoms with Crippen LogP contribution in [0.3, 0.4) is 0 Å². The van der Waals surface area contributed by atoms with E-state index in [1.807, 2.05) is 5.48 Å². The fourth-order valence-electron chi connectivity index (χ4n) is 1.55. The lowest BCUT2D eigenvalue weighted by molar-refractivity contribution is -0.144. The Morgan fingerprint density at radius 1 is 1.32 bits per heavy atom. The summed E-state index contributed by atoms with van der Waals surface area (Å²) in [5, 5.41) is 8.72. The third kappa shape index (κ3) is 2.78. The summed E-state index contributed by atoms with van der Waals surface area (Å²) in [7, 11) is 0. The molecule has 2 rings (SSSR count). The molecule has 7 nitrogen and oxygen atoms in total. The molecule has 0 atom stereocenters. The highest BCUT2D eigenvalue weighted by molar-refractivity contribution is 5.96. The minimum absolute atomic E-state index is 0.149. The third-order valence-electron chi connectivity index (χ3n) is 2.39. The number of aromatic amines is 1. The van der Waals surface area contributed by atoms with E-state index >= 15 is 0 Å². The van der Waals surface area contributed by atoms with Gasteiger partial charge in [0.05, 0.1) is 0 Å². The zero-order valence-electron chi connectivity index (χ0n) is 9.67. The first-order valence-electron chi connectivity index (χ1n) is 5.34. The first kappa shape index (κ1) is 12.8. The van der Waals surface area contributed by atoms with Gasteiger partial charge in [-0.3, -0.25) is 14.4 Å². The normalized spacial score (nSPS) is 10.3. The van der Waals surface area contributed by atoms with Crippen LogP contribution in [0.15, 0.2) is 35.3 Å². The van der Waals surface area contributed by atoms with Crippen molar-refractivity contribution in [2.24, 2.45) is 0 Å². The van der Waals surface area contributed by atoms with Crippen LogP contribution in [-0.4, -0.2) is 28.6 Å². The number of rotatable bonds is 4. The number of fused-ring (bicyclic) bond motifs is 1. The minimum Gasteiger partial charge on any atom is -0.479 e. The van der Waals surface area contributed by atoms with Crippen LogP contribution in [0.25, 0.3) is 10.9 Å². The van der Waals surface area contributed by atoms with Crippen molar-refractivity contribution in [1.82, 2.24) is 10.5 Å². The molecule has 19 heavy (non-hydrogen) atoms. The van der Waals surface area contributed by atoms with Crippen LogP contribution >= 0.6 is 0 Å². The second kappa shape index (κ2) is 5.32. The molecule has 0 saturated heterocycles.